The number of fused-ring (bicyclic) bond motifs is 3. The van der Waals surface area contributed by atoms with Crippen LogP contribution in [0.25, 0.3) is 11.1 Å². The summed E-state index contributed by atoms with van der Waals surface area (Å²) in [5.41, 5.74) is 4.56. The summed E-state index contributed by atoms with van der Waals surface area (Å²) in [4.78, 5) is 34.9. The second-order valence-corrected chi connectivity index (χ2v) is 14.9. The molecule has 9 nitrogen and oxygen atoms in total. The number of rotatable bonds is 13. The van der Waals surface area contributed by atoms with Crippen LogP contribution in [-0.2, 0) is 22.4 Å². The molecular formula is C44H42Cl2FN3O6. The highest BCUT2D eigenvalue weighted by atomic mass is 35.5. The van der Waals surface area contributed by atoms with Crippen LogP contribution >= 0.6 is 23.2 Å². The minimum atomic E-state index is -0.567. The van der Waals surface area contributed by atoms with Gasteiger partial charge in [-0.15, -0.1) is 0 Å². The molecule has 0 N–H and O–H groups in total. The lowest BCUT2D eigenvalue weighted by Crippen LogP contribution is -2.53. The number of hydrogen-bond donors (Lipinski definition) is 0. The summed E-state index contributed by atoms with van der Waals surface area (Å²) in [5.74, 6) is 0.107. The van der Waals surface area contributed by atoms with Crippen molar-refractivity contribution in [3.8, 4) is 22.6 Å². The van der Waals surface area contributed by atoms with Crippen molar-refractivity contribution in [1.29, 1.82) is 0 Å². The van der Waals surface area contributed by atoms with E-state index in [0.29, 0.717) is 51.6 Å². The van der Waals surface area contributed by atoms with Gasteiger partial charge in [-0.3, -0.25) is 14.8 Å². The Balaban J connectivity index is 1.05. The van der Waals surface area contributed by atoms with Gasteiger partial charge >= 0.3 is 12.1 Å². The van der Waals surface area contributed by atoms with Crippen molar-refractivity contribution >= 4 is 41.0 Å². The van der Waals surface area contributed by atoms with E-state index in [4.69, 9.17) is 42.1 Å². The Morgan fingerprint density at radius 1 is 0.875 bits per heavy atom. The summed E-state index contributed by atoms with van der Waals surface area (Å²) in [6, 6.07) is 26.6. The van der Waals surface area contributed by atoms with Crippen molar-refractivity contribution in [3.05, 3.63) is 142 Å². The molecule has 12 heteroatoms. The van der Waals surface area contributed by atoms with Gasteiger partial charge < -0.3 is 18.9 Å². The predicted octanol–water partition coefficient (Wildman–Crippen LogP) is 9.63. The first-order valence-corrected chi connectivity index (χ1v) is 19.3. The van der Waals surface area contributed by atoms with Gasteiger partial charge in [-0.1, -0.05) is 71.7 Å². The summed E-state index contributed by atoms with van der Waals surface area (Å²) >= 11 is 13.0. The van der Waals surface area contributed by atoms with E-state index in [0.717, 1.165) is 48.2 Å². The minimum absolute atomic E-state index is 0.0354. The highest BCUT2D eigenvalue weighted by molar-refractivity contribution is 6.35. The van der Waals surface area contributed by atoms with Gasteiger partial charge in [0.1, 0.15) is 11.9 Å². The van der Waals surface area contributed by atoms with Crippen molar-refractivity contribution in [2.75, 3.05) is 45.4 Å². The second kappa shape index (κ2) is 17.7. The van der Waals surface area contributed by atoms with Crippen molar-refractivity contribution < 1.29 is 32.9 Å². The highest BCUT2D eigenvalue weighted by Crippen LogP contribution is 2.36. The van der Waals surface area contributed by atoms with E-state index in [9.17, 15) is 9.59 Å². The normalized spacial score (nSPS) is 17.8. The maximum Gasteiger partial charge on any atom is 0.415 e. The number of carbonyl (C=O) groups excluding carboxylic acids is 2. The fourth-order valence-corrected chi connectivity index (χ4v) is 8.02. The molecule has 3 aliphatic rings. The Morgan fingerprint density at radius 2 is 1.61 bits per heavy atom. The van der Waals surface area contributed by atoms with Crippen LogP contribution in [0.4, 0.5) is 14.9 Å². The third-order valence-electron chi connectivity index (χ3n) is 10.6. The van der Waals surface area contributed by atoms with Crippen molar-refractivity contribution in [2.45, 2.75) is 37.8 Å². The lowest BCUT2D eigenvalue weighted by Gasteiger charge is -2.44. The van der Waals surface area contributed by atoms with Crippen molar-refractivity contribution in [3.63, 3.8) is 0 Å². The zero-order valence-electron chi connectivity index (χ0n) is 31.1. The molecule has 56 heavy (non-hydrogen) atoms. The van der Waals surface area contributed by atoms with Crippen LogP contribution in [0.2, 0.25) is 10.0 Å². The Bertz CT molecular complexity index is 2160. The van der Waals surface area contributed by atoms with Gasteiger partial charge in [-0.05, 0) is 109 Å². The number of aromatic nitrogens is 1. The number of benzene rings is 4. The van der Waals surface area contributed by atoms with Gasteiger partial charge in [0.05, 0.1) is 48.7 Å². The van der Waals surface area contributed by atoms with Crippen LogP contribution in [0.1, 0.15) is 45.8 Å². The molecule has 0 saturated carbocycles. The maximum atomic E-state index is 15.1. The molecule has 3 fully saturated rings. The SMILES string of the molecule is COc1ccc([C@@H](COC(=O)c2ccc(-c3cccc(CN(C(=O)O[C@H]4CN5CCC4CC5)c4ccccc4F)c3)cc2)Cc2c(Cl)cncc2Cl)cc1OC. The predicted molar refractivity (Wildman–Crippen MR) is 214 cm³/mol. The number of piperidine rings is 3. The fraction of sp³-hybridized carbons (Fsp3) is 0.295. The van der Waals surface area contributed by atoms with Crippen LogP contribution in [0.3, 0.4) is 0 Å². The smallest absolute Gasteiger partial charge is 0.415 e. The number of methoxy groups -OCH3 is 2. The molecule has 0 unspecified atom stereocenters. The number of esters is 1. The largest absolute Gasteiger partial charge is 0.493 e. The Labute approximate surface area is 335 Å². The van der Waals surface area contributed by atoms with E-state index in [2.05, 4.69) is 9.88 Å². The number of hydrogen-bond acceptors (Lipinski definition) is 8. The molecule has 0 radical (unpaired) electrons. The fourth-order valence-electron chi connectivity index (χ4n) is 7.51. The summed E-state index contributed by atoms with van der Waals surface area (Å²) in [5, 5.41) is 0.830. The molecule has 0 spiro atoms. The molecule has 1 amide bonds. The van der Waals surface area contributed by atoms with Crippen LogP contribution in [-0.4, -0.2) is 68.5 Å². The van der Waals surface area contributed by atoms with E-state index in [1.807, 2.05) is 48.5 Å². The van der Waals surface area contributed by atoms with Gasteiger partial charge in [0.2, 0.25) is 0 Å². The number of ether oxygens (including phenoxy) is 4. The number of pyridine rings is 1. The molecule has 290 valence electrons. The van der Waals surface area contributed by atoms with Gasteiger partial charge in [0.25, 0.3) is 0 Å². The minimum Gasteiger partial charge on any atom is -0.493 e. The van der Waals surface area contributed by atoms with Crippen molar-refractivity contribution in [2.24, 2.45) is 5.92 Å². The van der Waals surface area contributed by atoms with E-state index in [1.54, 1.807) is 50.6 Å². The number of carbonyl (C=O) groups is 2. The lowest BCUT2D eigenvalue weighted by atomic mass is 9.86. The maximum absolute atomic E-state index is 15.1. The average molecular weight is 799 g/mol. The number of nitrogens with zero attached hydrogens (tertiary/aromatic N) is 3. The monoisotopic (exact) mass is 797 g/mol. The number of amides is 1. The molecular weight excluding hydrogens is 756 g/mol. The quantitative estimate of drug-likeness (QED) is 0.109. The molecule has 3 aliphatic heterocycles. The third-order valence-corrected chi connectivity index (χ3v) is 11.3. The number of anilines is 1. The molecule has 2 atom stereocenters. The van der Waals surface area contributed by atoms with Gasteiger partial charge in [0, 0.05) is 24.9 Å². The first kappa shape index (κ1) is 39.1. The Kier molecular flexibility index (Phi) is 12.4. The first-order chi connectivity index (χ1) is 27.2. The molecule has 8 rings (SSSR count). The molecule has 0 aliphatic carbocycles. The van der Waals surface area contributed by atoms with E-state index < -0.39 is 17.9 Å². The number of para-hydroxylation sites is 1. The van der Waals surface area contributed by atoms with Crippen LogP contribution in [0, 0.1) is 11.7 Å². The lowest BCUT2D eigenvalue weighted by molar-refractivity contribution is -0.0311. The van der Waals surface area contributed by atoms with Crippen LogP contribution in [0.5, 0.6) is 11.5 Å². The third kappa shape index (κ3) is 8.94. The summed E-state index contributed by atoms with van der Waals surface area (Å²) in [6.45, 7) is 2.88. The summed E-state index contributed by atoms with van der Waals surface area (Å²) in [6.07, 6.45) is 4.65. The van der Waals surface area contributed by atoms with Gasteiger partial charge in [-0.2, -0.15) is 0 Å². The summed E-state index contributed by atoms with van der Waals surface area (Å²) < 4.78 is 38.0. The highest BCUT2D eigenvalue weighted by Gasteiger charge is 2.37. The summed E-state index contributed by atoms with van der Waals surface area (Å²) in [7, 11) is 3.12. The average Bonchev–Trinajstić information content (AvgIpc) is 3.23. The zero-order valence-corrected chi connectivity index (χ0v) is 32.6. The molecule has 5 aromatic rings. The number of halogens is 3. The van der Waals surface area contributed by atoms with E-state index in [1.165, 1.54) is 23.4 Å². The second-order valence-electron chi connectivity index (χ2n) is 14.1. The van der Waals surface area contributed by atoms with E-state index in [-0.39, 0.29) is 30.9 Å². The standard InChI is InChI=1S/C44H42Cl2FN3O6/c1-53-40-15-14-33(22-41(40)54-2)34(21-35-36(45)23-48-24-37(35)46)27-55-43(51)31-12-10-29(11-13-31)32-7-5-6-28(20-32)25-50(39-9-4-3-8-38(39)47)44(52)56-42-26-49-18-16-30(42)17-19-49/h3-15,20,22-24,30,34,42H,16-19,21,25-27H2,1-2H3/t34-,42+/m1/s1. The Hall–Kier alpha value is -5.16. The topological polar surface area (TPSA) is 90.4 Å². The molecule has 4 aromatic carbocycles. The Morgan fingerprint density at radius 3 is 2.29 bits per heavy atom. The van der Waals surface area contributed by atoms with Gasteiger partial charge in [0.15, 0.2) is 11.5 Å². The van der Waals surface area contributed by atoms with E-state index >= 15 is 4.39 Å². The van der Waals surface area contributed by atoms with Crippen LogP contribution < -0.4 is 14.4 Å². The molecule has 4 heterocycles. The van der Waals surface area contributed by atoms with Gasteiger partial charge in [-0.25, -0.2) is 14.0 Å². The zero-order chi connectivity index (χ0) is 39.2. The first-order valence-electron chi connectivity index (χ1n) is 18.5. The molecule has 1 aromatic heterocycles. The van der Waals surface area contributed by atoms with Crippen LogP contribution in [0.15, 0.2) is 103 Å². The van der Waals surface area contributed by atoms with Crippen molar-refractivity contribution in [1.82, 2.24) is 9.88 Å². The molecule has 3 saturated heterocycles. The molecule has 2 bridgehead atoms.